The third-order valence-corrected chi connectivity index (χ3v) is 3.63. The van der Waals surface area contributed by atoms with Crippen molar-refractivity contribution in [2.45, 2.75) is 50.8 Å². The van der Waals surface area contributed by atoms with Crippen molar-refractivity contribution in [3.63, 3.8) is 0 Å². The van der Waals surface area contributed by atoms with Gasteiger partial charge < -0.3 is 10.1 Å². The molecule has 0 aromatic carbocycles. The van der Waals surface area contributed by atoms with Crippen LogP contribution in [-0.4, -0.2) is 24.8 Å². The first-order valence-electron chi connectivity index (χ1n) is 4.97. The third-order valence-electron chi connectivity index (χ3n) is 3.63. The summed E-state index contributed by atoms with van der Waals surface area (Å²) < 4.78 is 5.42. The summed E-state index contributed by atoms with van der Waals surface area (Å²) in [6.45, 7) is 4.53. The Bertz CT molecular complexity index is 175. The van der Waals surface area contributed by atoms with Crippen LogP contribution in [0, 0.1) is 5.92 Å². The van der Waals surface area contributed by atoms with Crippen molar-refractivity contribution in [3.8, 4) is 0 Å². The highest BCUT2D eigenvalue weighted by molar-refractivity contribution is 5.11. The lowest BCUT2D eigenvalue weighted by Gasteiger charge is -2.58. The molecule has 0 radical (unpaired) electrons. The molecule has 2 heteroatoms. The topological polar surface area (TPSA) is 21.3 Å². The first kappa shape index (κ1) is 8.52. The molecule has 2 aliphatic heterocycles. The molecular weight excluding hydrogens is 150 g/mol. The van der Waals surface area contributed by atoms with Crippen LogP contribution in [0.2, 0.25) is 0 Å². The van der Waals surface area contributed by atoms with Gasteiger partial charge in [0.15, 0.2) is 0 Å². The van der Waals surface area contributed by atoms with Crippen LogP contribution in [0.25, 0.3) is 0 Å². The molecule has 1 N–H and O–H groups in total. The Morgan fingerprint density at radius 1 is 1.50 bits per heavy atom. The average Bonchev–Trinajstić information content (AvgIpc) is 2.00. The number of rotatable bonds is 2. The Balaban J connectivity index is 2.03. The predicted molar refractivity (Wildman–Crippen MR) is 49.1 cm³/mol. The second kappa shape index (κ2) is 2.71. The van der Waals surface area contributed by atoms with Crippen molar-refractivity contribution in [3.05, 3.63) is 0 Å². The summed E-state index contributed by atoms with van der Waals surface area (Å²) in [7, 11) is 1.81. The van der Waals surface area contributed by atoms with Gasteiger partial charge in [-0.3, -0.25) is 0 Å². The minimum absolute atomic E-state index is 0.330. The predicted octanol–water partition coefficient (Wildman–Crippen LogP) is 1.55. The highest BCUT2D eigenvalue weighted by atomic mass is 16.5. The van der Waals surface area contributed by atoms with Gasteiger partial charge >= 0.3 is 0 Å². The lowest BCUT2D eigenvalue weighted by atomic mass is 9.64. The zero-order valence-corrected chi connectivity index (χ0v) is 8.26. The summed E-state index contributed by atoms with van der Waals surface area (Å²) in [5.74, 6) is 0.877. The normalized spacial score (nSPS) is 48.2. The number of hydrogen-bond donors (Lipinski definition) is 1. The molecular formula is C10H19NO. The van der Waals surface area contributed by atoms with Gasteiger partial charge in [-0.2, -0.15) is 0 Å². The molecule has 4 atom stereocenters. The van der Waals surface area contributed by atoms with Crippen LogP contribution in [-0.2, 0) is 4.74 Å². The molecule has 70 valence electrons. The molecule has 0 amide bonds. The van der Waals surface area contributed by atoms with E-state index in [-0.39, 0.29) is 0 Å². The zero-order valence-electron chi connectivity index (χ0n) is 8.26. The Morgan fingerprint density at radius 2 is 2.17 bits per heavy atom. The Labute approximate surface area is 74.7 Å². The van der Waals surface area contributed by atoms with Gasteiger partial charge in [-0.1, -0.05) is 6.92 Å². The van der Waals surface area contributed by atoms with Gasteiger partial charge in [-0.05, 0) is 32.1 Å². The molecule has 2 nitrogen and oxygen atoms in total. The molecule has 0 aromatic heterocycles. The van der Waals surface area contributed by atoms with Crippen molar-refractivity contribution in [2.24, 2.45) is 5.92 Å². The Morgan fingerprint density at radius 3 is 2.67 bits per heavy atom. The van der Waals surface area contributed by atoms with Crippen molar-refractivity contribution < 1.29 is 4.74 Å². The van der Waals surface area contributed by atoms with E-state index >= 15 is 0 Å². The van der Waals surface area contributed by atoms with Crippen LogP contribution in [0.15, 0.2) is 0 Å². The molecule has 2 heterocycles. The molecule has 1 aliphatic carbocycles. The van der Waals surface area contributed by atoms with Crippen LogP contribution in [0.5, 0.6) is 0 Å². The molecule has 12 heavy (non-hydrogen) atoms. The number of nitrogens with one attached hydrogen (secondary N) is 1. The SMILES string of the molecule is COC(C)C12C[C@H](C)C[C@H](C1)N2. The Hall–Kier alpha value is -0.0800. The van der Waals surface area contributed by atoms with Crippen LogP contribution in [0.1, 0.15) is 33.1 Å². The van der Waals surface area contributed by atoms with Gasteiger partial charge in [-0.15, -0.1) is 0 Å². The van der Waals surface area contributed by atoms with E-state index in [1.807, 2.05) is 7.11 Å². The van der Waals surface area contributed by atoms with E-state index in [2.05, 4.69) is 19.2 Å². The zero-order chi connectivity index (χ0) is 8.77. The molecule has 1 saturated carbocycles. The van der Waals surface area contributed by atoms with E-state index < -0.39 is 0 Å². The summed E-state index contributed by atoms with van der Waals surface area (Å²) in [4.78, 5) is 0. The number of fused-ring (bicyclic) bond motifs is 2. The molecule has 0 spiro atoms. The summed E-state index contributed by atoms with van der Waals surface area (Å²) in [5, 5.41) is 3.65. The fourth-order valence-corrected chi connectivity index (χ4v) is 2.98. The van der Waals surface area contributed by atoms with Gasteiger partial charge in [0.1, 0.15) is 0 Å². The van der Waals surface area contributed by atoms with Gasteiger partial charge in [0.05, 0.1) is 6.10 Å². The van der Waals surface area contributed by atoms with Crippen LogP contribution >= 0.6 is 0 Å². The van der Waals surface area contributed by atoms with E-state index in [1.165, 1.54) is 19.3 Å². The van der Waals surface area contributed by atoms with Crippen LogP contribution in [0.3, 0.4) is 0 Å². The maximum atomic E-state index is 5.42. The second-order valence-corrected chi connectivity index (χ2v) is 4.62. The van der Waals surface area contributed by atoms with Crippen molar-refractivity contribution in [2.75, 3.05) is 7.11 Å². The summed E-state index contributed by atoms with van der Waals surface area (Å²) in [6, 6.07) is 0.784. The fourth-order valence-electron chi connectivity index (χ4n) is 2.98. The molecule has 0 aromatic rings. The Kier molecular flexibility index (Phi) is 1.92. The van der Waals surface area contributed by atoms with Crippen molar-refractivity contribution >= 4 is 0 Å². The van der Waals surface area contributed by atoms with E-state index in [0.717, 1.165) is 12.0 Å². The maximum absolute atomic E-state index is 5.42. The van der Waals surface area contributed by atoms with Crippen molar-refractivity contribution in [1.29, 1.82) is 0 Å². The highest BCUT2D eigenvalue weighted by Gasteiger charge is 2.52. The van der Waals surface area contributed by atoms with Gasteiger partial charge in [0, 0.05) is 18.7 Å². The highest BCUT2D eigenvalue weighted by Crippen LogP contribution is 2.43. The standard InChI is InChI=1S/C10H19NO/c1-7-4-9-6-10(5-7,11-9)8(2)12-3/h7-9,11H,4-6H2,1-3H3/t7-,8?,9-,10?/m1/s1. The lowest BCUT2D eigenvalue weighted by Crippen LogP contribution is -2.72. The fraction of sp³-hybridized carbons (Fsp3) is 1.00. The third kappa shape index (κ3) is 1.09. The molecule has 2 saturated heterocycles. The quantitative estimate of drug-likeness (QED) is 0.677. The number of hydrogen-bond acceptors (Lipinski definition) is 2. The van der Waals surface area contributed by atoms with E-state index in [4.69, 9.17) is 4.74 Å². The first-order chi connectivity index (χ1) is 5.66. The number of methoxy groups -OCH3 is 1. The van der Waals surface area contributed by atoms with E-state index in [9.17, 15) is 0 Å². The van der Waals surface area contributed by atoms with Gasteiger partial charge in [0.2, 0.25) is 0 Å². The molecule has 3 aliphatic rings. The van der Waals surface area contributed by atoms with Crippen LogP contribution in [0.4, 0.5) is 0 Å². The van der Waals surface area contributed by atoms with E-state index in [1.54, 1.807) is 0 Å². The number of piperidine rings is 1. The number of ether oxygens (including phenoxy) is 1. The van der Waals surface area contributed by atoms with Gasteiger partial charge in [0.25, 0.3) is 0 Å². The smallest absolute Gasteiger partial charge is 0.0725 e. The molecule has 2 bridgehead atoms. The minimum Gasteiger partial charge on any atom is -0.380 e. The lowest BCUT2D eigenvalue weighted by molar-refractivity contribution is -0.0700. The average molecular weight is 169 g/mol. The monoisotopic (exact) mass is 169 g/mol. The first-order valence-corrected chi connectivity index (χ1v) is 4.97. The van der Waals surface area contributed by atoms with Crippen LogP contribution < -0.4 is 5.32 Å². The summed E-state index contributed by atoms with van der Waals surface area (Å²) in [5.41, 5.74) is 0.330. The molecule has 3 rings (SSSR count). The summed E-state index contributed by atoms with van der Waals surface area (Å²) in [6.07, 6.45) is 4.35. The second-order valence-electron chi connectivity index (χ2n) is 4.62. The minimum atomic E-state index is 0.330. The summed E-state index contributed by atoms with van der Waals surface area (Å²) >= 11 is 0. The maximum Gasteiger partial charge on any atom is 0.0725 e. The largest absolute Gasteiger partial charge is 0.380 e. The molecule has 3 fully saturated rings. The molecule has 2 unspecified atom stereocenters. The van der Waals surface area contributed by atoms with Crippen molar-refractivity contribution in [1.82, 2.24) is 5.32 Å². The van der Waals surface area contributed by atoms with E-state index in [0.29, 0.717) is 11.6 Å². The van der Waals surface area contributed by atoms with Gasteiger partial charge in [-0.25, -0.2) is 0 Å².